The first kappa shape index (κ1) is 28.8. The Bertz CT molecular complexity index is 1530. The van der Waals surface area contributed by atoms with Gasteiger partial charge in [-0.05, 0) is 82.3 Å². The van der Waals surface area contributed by atoms with E-state index in [1.165, 1.54) is 12.3 Å². The molecule has 0 saturated carbocycles. The third kappa shape index (κ3) is 6.85. The van der Waals surface area contributed by atoms with E-state index >= 15 is 0 Å². The first-order chi connectivity index (χ1) is 19.2. The van der Waals surface area contributed by atoms with Crippen LogP contribution in [-0.4, -0.2) is 60.0 Å². The highest BCUT2D eigenvalue weighted by Gasteiger charge is 2.20. The molecule has 0 bridgehead atoms. The van der Waals surface area contributed by atoms with Crippen LogP contribution in [0.4, 0.5) is 0 Å². The van der Waals surface area contributed by atoms with Crippen LogP contribution >= 0.6 is 0 Å². The molecule has 4 rings (SSSR count). The molecule has 0 unspecified atom stereocenters. The van der Waals surface area contributed by atoms with Gasteiger partial charge in [0.25, 0.3) is 0 Å². The molecule has 4 aromatic rings. The number of aromatic nitrogens is 2. The molecule has 7 heteroatoms. The molecule has 7 nitrogen and oxygen atoms in total. The van der Waals surface area contributed by atoms with Crippen molar-refractivity contribution in [1.82, 2.24) is 14.9 Å². The Labute approximate surface area is 235 Å². The zero-order valence-electron chi connectivity index (χ0n) is 23.9. The van der Waals surface area contributed by atoms with Gasteiger partial charge < -0.3 is 19.4 Å². The van der Waals surface area contributed by atoms with E-state index in [1.807, 2.05) is 83.4 Å². The molecule has 0 atom stereocenters. The van der Waals surface area contributed by atoms with Gasteiger partial charge in [0.2, 0.25) is 0 Å². The van der Waals surface area contributed by atoms with Crippen LogP contribution in [0.3, 0.4) is 0 Å². The van der Waals surface area contributed by atoms with E-state index < -0.39 is 5.97 Å². The van der Waals surface area contributed by atoms with Crippen molar-refractivity contribution in [2.24, 2.45) is 0 Å². The molecule has 2 aromatic heterocycles. The summed E-state index contributed by atoms with van der Waals surface area (Å²) in [7, 11) is 4.09. The summed E-state index contributed by atoms with van der Waals surface area (Å²) in [6.07, 6.45) is 3.83. The lowest BCUT2D eigenvalue weighted by Crippen LogP contribution is -2.15. The maximum atomic E-state index is 12.7. The number of carbonyl (C=O) groups excluding carboxylic acids is 2. The van der Waals surface area contributed by atoms with E-state index in [1.54, 1.807) is 0 Å². The van der Waals surface area contributed by atoms with E-state index in [-0.39, 0.29) is 18.3 Å². The molecule has 0 aliphatic rings. The van der Waals surface area contributed by atoms with Crippen LogP contribution in [0.25, 0.3) is 33.4 Å². The quantitative estimate of drug-likeness (QED) is 0.127. The normalized spacial score (nSPS) is 11.3. The van der Waals surface area contributed by atoms with Crippen molar-refractivity contribution in [2.45, 2.75) is 39.7 Å². The molecule has 0 aliphatic carbocycles. The minimum Gasteiger partial charge on any atom is -0.494 e. The number of carbonyl (C=O) groups is 2. The first-order valence-electron chi connectivity index (χ1n) is 13.5. The maximum absolute atomic E-state index is 12.7. The van der Waals surface area contributed by atoms with Gasteiger partial charge in [-0.15, -0.1) is 0 Å². The molecule has 0 spiro atoms. The average molecular weight is 540 g/mol. The molecule has 0 amide bonds. The molecule has 1 N–H and O–H groups in total. The van der Waals surface area contributed by atoms with Crippen LogP contribution in [0.5, 0.6) is 5.75 Å². The predicted octanol–water partition coefficient (Wildman–Crippen LogP) is 6.40. The second-order valence-corrected chi connectivity index (χ2v) is 10.5. The lowest BCUT2D eigenvalue weighted by molar-refractivity contribution is -0.114. The van der Waals surface area contributed by atoms with Gasteiger partial charge in [0.15, 0.2) is 5.78 Å². The van der Waals surface area contributed by atoms with Crippen LogP contribution < -0.4 is 4.74 Å². The second-order valence-electron chi connectivity index (χ2n) is 10.5. The van der Waals surface area contributed by atoms with Gasteiger partial charge in [-0.2, -0.15) is 0 Å². The number of hydrogen-bond acceptors (Lipinski definition) is 6. The van der Waals surface area contributed by atoms with Crippen molar-refractivity contribution in [3.05, 3.63) is 84.1 Å². The Morgan fingerprint density at radius 3 is 2.62 bits per heavy atom. The van der Waals surface area contributed by atoms with Gasteiger partial charge in [-0.3, -0.25) is 4.79 Å². The van der Waals surface area contributed by atoms with Gasteiger partial charge in [-0.1, -0.05) is 36.9 Å². The van der Waals surface area contributed by atoms with Gasteiger partial charge in [0, 0.05) is 35.7 Å². The first-order valence-corrected chi connectivity index (χ1v) is 13.5. The van der Waals surface area contributed by atoms with Crippen molar-refractivity contribution >= 4 is 22.8 Å². The van der Waals surface area contributed by atoms with Gasteiger partial charge in [-0.25, -0.2) is 9.78 Å². The molecule has 0 radical (unpaired) electrons. The molecular weight excluding hydrogens is 502 g/mol. The monoisotopic (exact) mass is 539 g/mol. The standard InChI is InChI=1S/C33H37N3O4/c1-7-27(37)17-25-16-23(13-12-22(25)4)30-29-19-26(33(38)40-21(2)3)20-34-32(29)35-31(30)24-10-8-11-28(18-24)39-15-9-14-36(5)6/h7-8,10-13,16,18-21H,1,9,14-15,17H2,2-6H3,(H,34,35). The summed E-state index contributed by atoms with van der Waals surface area (Å²) < 4.78 is 11.5. The van der Waals surface area contributed by atoms with Crippen LogP contribution in [0.2, 0.25) is 0 Å². The second kappa shape index (κ2) is 12.7. The maximum Gasteiger partial charge on any atom is 0.339 e. The lowest BCUT2D eigenvalue weighted by atomic mass is 9.93. The Hall–Kier alpha value is -4.23. The predicted molar refractivity (Wildman–Crippen MR) is 160 cm³/mol. The minimum atomic E-state index is -0.424. The highest BCUT2D eigenvalue weighted by molar-refractivity contribution is 6.05. The Morgan fingerprint density at radius 1 is 1.10 bits per heavy atom. The fourth-order valence-electron chi connectivity index (χ4n) is 4.57. The number of allylic oxidation sites excluding steroid dienone is 1. The number of aromatic amines is 1. The van der Waals surface area contributed by atoms with Gasteiger partial charge in [0.05, 0.1) is 24.0 Å². The average Bonchev–Trinajstić information content (AvgIpc) is 3.31. The number of pyridine rings is 1. The fraction of sp³-hybridized carbons (Fsp3) is 0.303. The molecule has 2 heterocycles. The number of benzene rings is 2. The summed E-state index contributed by atoms with van der Waals surface area (Å²) in [6.45, 7) is 10.8. The number of esters is 1. The molecule has 0 fully saturated rings. The number of fused-ring (bicyclic) bond motifs is 1. The van der Waals surface area contributed by atoms with Crippen molar-refractivity contribution < 1.29 is 19.1 Å². The third-order valence-corrected chi connectivity index (χ3v) is 6.60. The van der Waals surface area contributed by atoms with Crippen molar-refractivity contribution in [1.29, 1.82) is 0 Å². The van der Waals surface area contributed by atoms with Crippen LogP contribution in [0, 0.1) is 6.92 Å². The molecule has 0 aliphatic heterocycles. The van der Waals surface area contributed by atoms with E-state index in [2.05, 4.69) is 21.4 Å². The molecule has 2 aromatic carbocycles. The Kier molecular flexibility index (Phi) is 9.17. The summed E-state index contributed by atoms with van der Waals surface area (Å²) in [5, 5.41) is 0.787. The van der Waals surface area contributed by atoms with Crippen molar-refractivity contribution in [3.63, 3.8) is 0 Å². The van der Waals surface area contributed by atoms with E-state index in [0.29, 0.717) is 17.8 Å². The smallest absolute Gasteiger partial charge is 0.339 e. The molecule has 208 valence electrons. The summed E-state index contributed by atoms with van der Waals surface area (Å²) in [6, 6.07) is 15.8. The van der Waals surface area contributed by atoms with Gasteiger partial charge in [0.1, 0.15) is 11.4 Å². The number of H-pyrrole nitrogens is 1. The minimum absolute atomic E-state index is 0.0427. The van der Waals surface area contributed by atoms with Crippen molar-refractivity contribution in [3.8, 4) is 28.1 Å². The van der Waals surface area contributed by atoms with E-state index in [4.69, 9.17) is 9.47 Å². The number of hydrogen-bond donors (Lipinski definition) is 1. The zero-order valence-corrected chi connectivity index (χ0v) is 23.9. The highest BCUT2D eigenvalue weighted by atomic mass is 16.5. The number of rotatable bonds is 12. The topological polar surface area (TPSA) is 84.5 Å². The Morgan fingerprint density at radius 2 is 1.90 bits per heavy atom. The largest absolute Gasteiger partial charge is 0.494 e. The summed E-state index contributed by atoms with van der Waals surface area (Å²) in [5.41, 5.74) is 6.53. The summed E-state index contributed by atoms with van der Waals surface area (Å²) in [4.78, 5) is 35.2. The highest BCUT2D eigenvalue weighted by Crippen LogP contribution is 2.39. The number of ketones is 1. The lowest BCUT2D eigenvalue weighted by Gasteiger charge is -2.12. The van der Waals surface area contributed by atoms with Crippen LogP contribution in [-0.2, 0) is 16.0 Å². The zero-order chi connectivity index (χ0) is 28.8. The number of aryl methyl sites for hydroxylation is 1. The number of nitrogens with one attached hydrogen (secondary N) is 1. The third-order valence-electron chi connectivity index (χ3n) is 6.60. The van der Waals surface area contributed by atoms with Crippen LogP contribution in [0.15, 0.2) is 67.4 Å². The SMILES string of the molecule is C=CC(=O)Cc1cc(-c2c(-c3cccc(OCCCN(C)C)c3)[nH]c3ncc(C(=O)OC(C)C)cc23)ccc1C. The van der Waals surface area contributed by atoms with Crippen molar-refractivity contribution in [2.75, 3.05) is 27.2 Å². The van der Waals surface area contributed by atoms with Gasteiger partial charge >= 0.3 is 5.97 Å². The van der Waals surface area contributed by atoms with E-state index in [0.717, 1.165) is 57.6 Å². The van der Waals surface area contributed by atoms with E-state index in [9.17, 15) is 9.59 Å². The number of ether oxygens (including phenoxy) is 2. The molecular formula is C33H37N3O4. The van der Waals surface area contributed by atoms with Crippen LogP contribution in [0.1, 0.15) is 41.8 Å². The summed E-state index contributed by atoms with van der Waals surface area (Å²) in [5.74, 6) is 0.308. The summed E-state index contributed by atoms with van der Waals surface area (Å²) >= 11 is 0. The molecule has 40 heavy (non-hydrogen) atoms. The molecule has 0 saturated heterocycles. The fourth-order valence-corrected chi connectivity index (χ4v) is 4.57. The Balaban J connectivity index is 1.84. The number of nitrogens with zero attached hydrogens (tertiary/aromatic N) is 2.